The molecule has 35 heavy (non-hydrogen) atoms. The SMILES string of the molecule is Cc1nnc(S[C@H](C[N+](=O)[O-])c2ccc(OCc3ccc(Cl)c(Cl)c3)cc2)n1-c1ccc(Cl)cc1. The van der Waals surface area contributed by atoms with Crippen molar-refractivity contribution in [3.05, 3.63) is 109 Å². The lowest BCUT2D eigenvalue weighted by Crippen LogP contribution is -2.11. The van der Waals surface area contributed by atoms with Gasteiger partial charge in [-0.25, -0.2) is 0 Å². The minimum Gasteiger partial charge on any atom is -0.489 e. The third-order valence-corrected chi connectivity index (χ3v) is 7.26. The van der Waals surface area contributed by atoms with Crippen molar-refractivity contribution in [2.24, 2.45) is 0 Å². The Kier molecular flexibility index (Phi) is 8.18. The van der Waals surface area contributed by atoms with Crippen LogP contribution in [0.4, 0.5) is 0 Å². The van der Waals surface area contributed by atoms with Crippen LogP contribution >= 0.6 is 46.6 Å². The fourth-order valence-electron chi connectivity index (χ4n) is 3.35. The Morgan fingerprint density at radius 2 is 1.71 bits per heavy atom. The molecule has 1 aromatic heterocycles. The Morgan fingerprint density at radius 3 is 2.37 bits per heavy atom. The highest BCUT2D eigenvalue weighted by Gasteiger charge is 2.24. The molecule has 0 saturated heterocycles. The van der Waals surface area contributed by atoms with Gasteiger partial charge in [0.2, 0.25) is 6.54 Å². The second kappa shape index (κ2) is 11.3. The van der Waals surface area contributed by atoms with E-state index in [1.54, 1.807) is 36.4 Å². The zero-order valence-electron chi connectivity index (χ0n) is 18.4. The quantitative estimate of drug-likeness (QED) is 0.124. The third kappa shape index (κ3) is 6.46. The number of halogens is 3. The molecule has 0 aliphatic rings. The molecule has 0 N–H and O–H groups in total. The highest BCUT2D eigenvalue weighted by atomic mass is 35.5. The molecule has 7 nitrogen and oxygen atoms in total. The lowest BCUT2D eigenvalue weighted by atomic mass is 10.1. The normalized spacial score (nSPS) is 11.9. The van der Waals surface area contributed by atoms with Crippen LogP contribution in [0.25, 0.3) is 5.69 Å². The summed E-state index contributed by atoms with van der Waals surface area (Å²) in [5.74, 6) is 1.30. The second-order valence-corrected chi connectivity index (χ2v) is 9.99. The van der Waals surface area contributed by atoms with Crippen molar-refractivity contribution in [3.8, 4) is 11.4 Å². The summed E-state index contributed by atoms with van der Waals surface area (Å²) in [7, 11) is 0. The summed E-state index contributed by atoms with van der Waals surface area (Å²) in [6.07, 6.45) is 0. The number of rotatable bonds is 9. The first-order valence-corrected chi connectivity index (χ1v) is 12.4. The van der Waals surface area contributed by atoms with Crippen molar-refractivity contribution in [2.45, 2.75) is 23.9 Å². The Bertz CT molecular complexity index is 1330. The van der Waals surface area contributed by atoms with Gasteiger partial charge in [0.05, 0.1) is 10.0 Å². The zero-order valence-corrected chi connectivity index (χ0v) is 21.5. The molecule has 0 fully saturated rings. The number of hydrogen-bond acceptors (Lipinski definition) is 6. The first-order chi connectivity index (χ1) is 16.8. The third-order valence-electron chi connectivity index (χ3n) is 5.08. The maximum atomic E-state index is 11.4. The largest absolute Gasteiger partial charge is 0.489 e. The second-order valence-electron chi connectivity index (χ2n) is 7.57. The van der Waals surface area contributed by atoms with Crippen LogP contribution < -0.4 is 4.74 Å². The van der Waals surface area contributed by atoms with Crippen LogP contribution in [0.5, 0.6) is 5.75 Å². The standard InChI is InChI=1S/C24H19Cl3N4O3S/c1-15-28-29-24(31(15)19-7-5-18(25)6-8-19)35-23(13-30(32)33)17-3-9-20(10-4-17)34-14-16-2-11-21(26)22(27)12-16/h2-12,23H,13-14H2,1H3/t23-/m1/s1. The number of hydrogen-bond donors (Lipinski definition) is 0. The van der Waals surface area contributed by atoms with E-state index < -0.39 is 5.25 Å². The van der Waals surface area contributed by atoms with Crippen LogP contribution in [0.15, 0.2) is 71.9 Å². The van der Waals surface area contributed by atoms with E-state index >= 15 is 0 Å². The van der Waals surface area contributed by atoms with E-state index in [-0.39, 0.29) is 11.5 Å². The van der Waals surface area contributed by atoms with Crippen LogP contribution in [0.3, 0.4) is 0 Å². The van der Waals surface area contributed by atoms with Crippen LogP contribution in [-0.2, 0) is 6.61 Å². The molecule has 0 amide bonds. The van der Waals surface area contributed by atoms with Crippen molar-refractivity contribution < 1.29 is 9.66 Å². The van der Waals surface area contributed by atoms with Gasteiger partial charge in [-0.3, -0.25) is 14.7 Å². The molecule has 0 aliphatic heterocycles. The van der Waals surface area contributed by atoms with Gasteiger partial charge in [-0.05, 0) is 66.6 Å². The molecular weight excluding hydrogens is 531 g/mol. The fraction of sp³-hybridized carbons (Fsp3) is 0.167. The Morgan fingerprint density at radius 1 is 1.00 bits per heavy atom. The van der Waals surface area contributed by atoms with E-state index in [2.05, 4.69) is 10.2 Å². The number of nitro groups is 1. The summed E-state index contributed by atoms with van der Waals surface area (Å²) < 4.78 is 7.68. The molecular formula is C24H19Cl3N4O3S. The molecule has 0 radical (unpaired) electrons. The van der Waals surface area contributed by atoms with Crippen LogP contribution in [-0.4, -0.2) is 26.2 Å². The number of aryl methyl sites for hydroxylation is 1. The van der Waals surface area contributed by atoms with Crippen molar-refractivity contribution in [2.75, 3.05) is 6.54 Å². The topological polar surface area (TPSA) is 83.1 Å². The van der Waals surface area contributed by atoms with Crippen LogP contribution in [0, 0.1) is 17.0 Å². The highest BCUT2D eigenvalue weighted by Crippen LogP contribution is 2.36. The monoisotopic (exact) mass is 548 g/mol. The zero-order chi connectivity index (χ0) is 24.9. The van der Waals surface area contributed by atoms with E-state index in [1.165, 1.54) is 11.8 Å². The van der Waals surface area contributed by atoms with E-state index in [1.807, 2.05) is 41.8 Å². The molecule has 180 valence electrons. The number of thioether (sulfide) groups is 1. The predicted molar refractivity (Wildman–Crippen MR) is 139 cm³/mol. The minimum atomic E-state index is -0.483. The first kappa shape index (κ1) is 25.3. The lowest BCUT2D eigenvalue weighted by Gasteiger charge is -2.15. The smallest absolute Gasteiger partial charge is 0.220 e. The number of ether oxygens (including phenoxy) is 1. The molecule has 0 bridgehead atoms. The number of nitrogens with zero attached hydrogens (tertiary/aromatic N) is 4. The van der Waals surface area contributed by atoms with Gasteiger partial charge in [0.25, 0.3) is 0 Å². The molecule has 1 atom stereocenters. The van der Waals surface area contributed by atoms with Crippen molar-refractivity contribution >= 4 is 46.6 Å². The molecule has 11 heteroatoms. The summed E-state index contributed by atoms with van der Waals surface area (Å²) in [6.45, 7) is 1.86. The van der Waals surface area contributed by atoms with Crippen molar-refractivity contribution in [1.82, 2.24) is 14.8 Å². The van der Waals surface area contributed by atoms with Crippen molar-refractivity contribution in [3.63, 3.8) is 0 Å². The molecule has 4 rings (SSSR count). The summed E-state index contributed by atoms with van der Waals surface area (Å²) >= 11 is 19.3. The first-order valence-electron chi connectivity index (χ1n) is 10.4. The molecule has 0 spiro atoms. The van der Waals surface area contributed by atoms with E-state index in [0.717, 1.165) is 16.8 Å². The Labute approximate surface area is 221 Å². The van der Waals surface area contributed by atoms with Gasteiger partial charge in [-0.1, -0.05) is 64.8 Å². The number of benzene rings is 3. The van der Waals surface area contributed by atoms with Crippen LogP contribution in [0.2, 0.25) is 15.1 Å². The van der Waals surface area contributed by atoms with Gasteiger partial charge in [-0.2, -0.15) is 0 Å². The van der Waals surface area contributed by atoms with Gasteiger partial charge >= 0.3 is 0 Å². The Hall–Kier alpha value is -2.78. The highest BCUT2D eigenvalue weighted by molar-refractivity contribution is 7.99. The molecule has 3 aromatic carbocycles. The van der Waals surface area contributed by atoms with E-state index in [4.69, 9.17) is 39.5 Å². The maximum Gasteiger partial charge on any atom is 0.220 e. The summed E-state index contributed by atoms with van der Waals surface area (Å²) in [6, 6.07) is 19.8. The summed E-state index contributed by atoms with van der Waals surface area (Å²) in [5.41, 5.74) is 2.48. The molecule has 0 saturated carbocycles. The summed E-state index contributed by atoms with van der Waals surface area (Å²) in [5, 5.41) is 21.5. The van der Waals surface area contributed by atoms with Gasteiger partial charge < -0.3 is 4.74 Å². The average molecular weight is 550 g/mol. The summed E-state index contributed by atoms with van der Waals surface area (Å²) in [4.78, 5) is 11.1. The number of aromatic nitrogens is 3. The molecule has 1 heterocycles. The minimum absolute atomic E-state index is 0.277. The maximum absolute atomic E-state index is 11.4. The van der Waals surface area contributed by atoms with Gasteiger partial charge in [0.15, 0.2) is 5.16 Å². The fourth-order valence-corrected chi connectivity index (χ4v) is 4.98. The predicted octanol–water partition coefficient (Wildman–Crippen LogP) is 7.23. The lowest BCUT2D eigenvalue weighted by molar-refractivity contribution is -0.479. The van der Waals surface area contributed by atoms with Gasteiger partial charge in [0.1, 0.15) is 23.4 Å². The molecule has 0 aliphatic carbocycles. The molecule has 0 unspecified atom stereocenters. The average Bonchev–Trinajstić information content (AvgIpc) is 3.20. The van der Waals surface area contributed by atoms with Gasteiger partial charge in [-0.15, -0.1) is 10.2 Å². The van der Waals surface area contributed by atoms with Gasteiger partial charge in [0, 0.05) is 15.6 Å². The van der Waals surface area contributed by atoms with Crippen molar-refractivity contribution in [1.29, 1.82) is 0 Å². The van der Waals surface area contributed by atoms with E-state index in [9.17, 15) is 10.1 Å². The molecule has 4 aromatic rings. The Balaban J connectivity index is 1.52. The van der Waals surface area contributed by atoms with Crippen LogP contribution in [0.1, 0.15) is 22.2 Å². The van der Waals surface area contributed by atoms with E-state index in [0.29, 0.717) is 38.4 Å².